The maximum atomic E-state index is 2.57. The summed E-state index contributed by atoms with van der Waals surface area (Å²) >= 11 is -3.75. The van der Waals surface area contributed by atoms with E-state index in [9.17, 15) is 0 Å². The summed E-state index contributed by atoms with van der Waals surface area (Å²) < 4.78 is 7.46. The number of hydrogen-bond donors (Lipinski definition) is 0. The van der Waals surface area contributed by atoms with Gasteiger partial charge in [0.2, 0.25) is 0 Å². The minimum absolute atomic E-state index is 0. The van der Waals surface area contributed by atoms with Crippen LogP contribution in [0.15, 0.2) is 39.2 Å². The van der Waals surface area contributed by atoms with Crippen molar-refractivity contribution in [2.45, 2.75) is 42.5 Å². The van der Waals surface area contributed by atoms with Gasteiger partial charge in [-0.15, -0.1) is 0 Å². The van der Waals surface area contributed by atoms with Crippen LogP contribution in [0.3, 0.4) is 0 Å². The van der Waals surface area contributed by atoms with Crippen molar-refractivity contribution in [3.05, 3.63) is 39.2 Å². The standard InChI is InChI=1S/2C5H4.6CH3.2Sn.Ti.2H/c2*1-2-4-5-3-1;;;;;;;;;;;/h2*1-2H,3H2;6*1H3;;;;;/q;;;;;;;;;;;2*-1. The van der Waals surface area contributed by atoms with Gasteiger partial charge in [0.05, 0.1) is 0 Å². The molecule has 0 saturated carbocycles. The maximum absolute atomic E-state index is 2.57. The van der Waals surface area contributed by atoms with Crippen molar-refractivity contribution in [3.8, 4) is 0 Å². The smallest absolute Gasteiger partial charge is 1.00 e. The summed E-state index contributed by atoms with van der Waals surface area (Å²) in [6.07, 6.45) is 12.4. The van der Waals surface area contributed by atoms with Gasteiger partial charge in [-0.25, -0.2) is 0 Å². The summed E-state index contributed by atoms with van der Waals surface area (Å²) in [5.41, 5.74) is 0. The van der Waals surface area contributed by atoms with Crippen LogP contribution >= 0.6 is 0 Å². The molecule has 0 radical (unpaired) electrons. The van der Waals surface area contributed by atoms with E-state index in [2.05, 4.69) is 53.9 Å². The van der Waals surface area contributed by atoms with Crippen molar-refractivity contribution >= 4 is 36.8 Å². The zero-order chi connectivity index (χ0) is 14.3. The monoisotopic (exact) mass is 508 g/mol. The van der Waals surface area contributed by atoms with Gasteiger partial charge in [0.25, 0.3) is 0 Å². The van der Waals surface area contributed by atoms with Gasteiger partial charge in [0.1, 0.15) is 0 Å². The molecule has 0 atom stereocenters. The van der Waals surface area contributed by atoms with E-state index >= 15 is 0 Å². The van der Waals surface area contributed by atoms with E-state index in [0.717, 1.165) is 0 Å². The molecule has 19 heavy (non-hydrogen) atoms. The molecule has 0 N–H and O–H groups in total. The molecule has 0 aromatic carbocycles. The molecule has 0 saturated heterocycles. The molecule has 0 aromatic heterocycles. The molecule has 0 aromatic rings. The Morgan fingerprint density at radius 3 is 1.47 bits per heavy atom. The third-order valence-corrected chi connectivity index (χ3v) is 20.3. The first-order chi connectivity index (χ1) is 8.69. The van der Waals surface area contributed by atoms with Crippen molar-refractivity contribution in [1.82, 2.24) is 0 Å². The predicted molar refractivity (Wildman–Crippen MR) is 90.5 cm³/mol. The second-order valence-electron chi connectivity index (χ2n) is 7.62. The van der Waals surface area contributed by atoms with Gasteiger partial charge in [-0.1, -0.05) is 0 Å². The van der Waals surface area contributed by atoms with Crippen LogP contribution in [0, 0.1) is 0 Å². The largest absolute Gasteiger partial charge is 1.00 e. The zero-order valence-corrected chi connectivity index (χ0v) is 20.5. The fraction of sp³-hybridized carbons (Fsp3) is 0.500. The van der Waals surface area contributed by atoms with Crippen LogP contribution in [0.1, 0.15) is 15.7 Å². The Bertz CT molecular complexity index is 457. The van der Waals surface area contributed by atoms with E-state index in [1.165, 1.54) is 12.8 Å². The third-order valence-electron chi connectivity index (χ3n) is 3.78. The van der Waals surface area contributed by atoms with E-state index in [0.29, 0.717) is 0 Å². The third kappa shape index (κ3) is 4.14. The summed E-state index contributed by atoms with van der Waals surface area (Å²) in [7, 11) is 0. The van der Waals surface area contributed by atoms with Crippen LogP contribution in [0.25, 0.3) is 0 Å². The summed E-state index contributed by atoms with van der Waals surface area (Å²) in [6.45, 7) is 0. The van der Waals surface area contributed by atoms with E-state index in [4.69, 9.17) is 0 Å². The van der Waals surface area contributed by atoms with Crippen molar-refractivity contribution in [3.63, 3.8) is 0 Å². The minimum Gasteiger partial charge on any atom is -1.00 e. The van der Waals surface area contributed by atoms with Gasteiger partial charge in [-0.05, 0) is 0 Å². The second-order valence-corrected chi connectivity index (χ2v) is 38.7. The molecule has 0 amide bonds. The maximum Gasteiger partial charge on any atom is -1.00 e. The molecule has 2 aliphatic rings. The van der Waals surface area contributed by atoms with Crippen LogP contribution < -0.4 is 0 Å². The summed E-state index contributed by atoms with van der Waals surface area (Å²) in [6, 6.07) is 0. The predicted octanol–water partition coefficient (Wildman–Crippen LogP) is 5.48. The van der Waals surface area contributed by atoms with Crippen LogP contribution in [-0.2, 0) is 19.2 Å². The Labute approximate surface area is 139 Å². The molecule has 3 heteroatoms. The van der Waals surface area contributed by atoms with E-state index in [-0.39, 0.29) is 22.0 Å². The Morgan fingerprint density at radius 2 is 1.16 bits per heavy atom. The average Bonchev–Trinajstić information content (AvgIpc) is 2.83. The van der Waals surface area contributed by atoms with Gasteiger partial charge < -0.3 is 2.85 Å². The normalized spacial score (nSPS) is 19.9. The molecule has 0 fully saturated rings. The van der Waals surface area contributed by atoms with Crippen molar-refractivity contribution < 1.29 is 22.0 Å². The SMILES string of the molecule is [CH3][Sn]([CH3])([CH3])[C]1=[C]([Ti][C]2=[C]([Sn]([CH3])([CH3])[CH3])C=CC2)CC=C1.[H-].[H-]. The molecule has 2 aliphatic carbocycles. The van der Waals surface area contributed by atoms with E-state index < -0.39 is 36.8 Å². The summed E-state index contributed by atoms with van der Waals surface area (Å²) in [4.78, 5) is 15.4. The Kier molecular flexibility index (Phi) is 5.41. The molecule has 0 unspecified atom stereocenters. The first-order valence-corrected chi connectivity index (χ1v) is 28.8. The fourth-order valence-corrected chi connectivity index (χ4v) is 23.4. The molecular weight excluding hydrogens is 477 g/mol. The van der Waals surface area contributed by atoms with E-state index in [1.54, 1.807) is 0 Å². The topological polar surface area (TPSA) is 0 Å². The molecule has 0 nitrogen and oxygen atoms in total. The molecule has 106 valence electrons. The Morgan fingerprint density at radius 1 is 0.789 bits per heavy atom. The first-order valence-electron chi connectivity index (χ1n) is 7.27. The molecule has 0 heterocycles. The Balaban J connectivity index is 0.00000200. The molecule has 0 aliphatic heterocycles. The van der Waals surface area contributed by atoms with E-state index in [1.807, 2.05) is 14.9 Å². The quantitative estimate of drug-likeness (QED) is 0.444. The molecule has 0 spiro atoms. The van der Waals surface area contributed by atoms with Gasteiger partial charge in [0, 0.05) is 0 Å². The fourth-order valence-electron chi connectivity index (χ4n) is 2.83. The van der Waals surface area contributed by atoms with Crippen LogP contribution in [0.5, 0.6) is 0 Å². The molecular formula is C16H28Sn2Ti-2. The second kappa shape index (κ2) is 6.18. The van der Waals surface area contributed by atoms with Crippen molar-refractivity contribution in [2.75, 3.05) is 0 Å². The Hall–Kier alpha value is 1.27. The number of rotatable bonds is 4. The van der Waals surface area contributed by atoms with Gasteiger partial charge in [-0.2, -0.15) is 0 Å². The van der Waals surface area contributed by atoms with Crippen LogP contribution in [-0.4, -0.2) is 36.8 Å². The van der Waals surface area contributed by atoms with Gasteiger partial charge >= 0.3 is 138 Å². The van der Waals surface area contributed by atoms with Gasteiger partial charge in [0.15, 0.2) is 0 Å². The number of allylic oxidation sites excluding steroid dienone is 8. The summed E-state index contributed by atoms with van der Waals surface area (Å²) in [5, 5.41) is 0. The minimum atomic E-state index is -1.87. The van der Waals surface area contributed by atoms with Crippen LogP contribution in [0.4, 0.5) is 0 Å². The first kappa shape index (κ1) is 16.6. The van der Waals surface area contributed by atoms with Crippen LogP contribution in [0.2, 0.25) is 29.6 Å². The number of hydrogen-bond acceptors (Lipinski definition) is 0. The van der Waals surface area contributed by atoms with Crippen molar-refractivity contribution in [2.24, 2.45) is 0 Å². The average molecular weight is 506 g/mol. The van der Waals surface area contributed by atoms with Gasteiger partial charge in [-0.3, -0.25) is 0 Å². The molecule has 2 rings (SSSR count). The molecule has 0 bridgehead atoms. The van der Waals surface area contributed by atoms with Crippen molar-refractivity contribution in [1.29, 1.82) is 0 Å². The summed E-state index contributed by atoms with van der Waals surface area (Å²) in [5.74, 6) is 0. The zero-order valence-electron chi connectivity index (χ0n) is 15.2.